The molecule has 1 aliphatic heterocycles. The van der Waals surface area contributed by atoms with Crippen LogP contribution in [0.15, 0.2) is 59.1 Å². The van der Waals surface area contributed by atoms with E-state index in [0.29, 0.717) is 32.1 Å². The molecule has 1 aromatic heterocycles. The van der Waals surface area contributed by atoms with Gasteiger partial charge in [0.15, 0.2) is 11.5 Å². The molecule has 1 atom stereocenters. The maximum Gasteiger partial charge on any atom is 0.273 e. The van der Waals surface area contributed by atoms with E-state index in [1.807, 2.05) is 31.2 Å². The van der Waals surface area contributed by atoms with Gasteiger partial charge < -0.3 is 19.3 Å². The minimum atomic E-state index is -0.254. The number of ether oxygens (including phenoxy) is 2. The van der Waals surface area contributed by atoms with Crippen LogP contribution < -0.4 is 10.1 Å². The summed E-state index contributed by atoms with van der Waals surface area (Å²) in [6.07, 6.45) is 0. The second-order valence-corrected chi connectivity index (χ2v) is 9.78. The highest BCUT2D eigenvalue weighted by molar-refractivity contribution is 5.93. The minimum Gasteiger partial charge on any atom is -0.494 e. The molecule has 0 spiro atoms. The maximum atomic E-state index is 12.9. The van der Waals surface area contributed by atoms with Gasteiger partial charge in [-0.1, -0.05) is 50.2 Å². The Bertz CT molecular complexity index is 1090. The monoisotopic (exact) mass is 477 g/mol. The molecule has 1 fully saturated rings. The zero-order valence-corrected chi connectivity index (χ0v) is 21.0. The molecule has 0 aliphatic carbocycles. The molecule has 3 aromatic rings. The van der Waals surface area contributed by atoms with Crippen LogP contribution in [0.1, 0.15) is 55.4 Å². The van der Waals surface area contributed by atoms with Crippen molar-refractivity contribution in [1.29, 1.82) is 0 Å². The van der Waals surface area contributed by atoms with Crippen molar-refractivity contribution < 1.29 is 18.8 Å². The van der Waals surface area contributed by atoms with Gasteiger partial charge in [0.25, 0.3) is 5.91 Å². The van der Waals surface area contributed by atoms with Gasteiger partial charge in [-0.2, -0.15) is 0 Å². The Labute approximate surface area is 207 Å². The molecule has 2 aromatic carbocycles. The van der Waals surface area contributed by atoms with Crippen molar-refractivity contribution in [2.24, 2.45) is 0 Å². The molecule has 2 heterocycles. The van der Waals surface area contributed by atoms with Crippen LogP contribution in [0.4, 0.5) is 0 Å². The maximum absolute atomic E-state index is 12.9. The first kappa shape index (κ1) is 24.9. The summed E-state index contributed by atoms with van der Waals surface area (Å²) >= 11 is 0. The van der Waals surface area contributed by atoms with Crippen LogP contribution >= 0.6 is 0 Å². The van der Waals surface area contributed by atoms with Gasteiger partial charge in [0.1, 0.15) is 5.75 Å². The van der Waals surface area contributed by atoms with Crippen molar-refractivity contribution in [2.45, 2.75) is 39.2 Å². The smallest absolute Gasteiger partial charge is 0.273 e. The number of nitrogens with one attached hydrogen (secondary N) is 1. The Kier molecular flexibility index (Phi) is 7.88. The molecule has 0 radical (unpaired) electrons. The molecule has 7 nitrogen and oxygen atoms in total. The number of nitrogens with zero attached hydrogens (tertiary/aromatic N) is 2. The Morgan fingerprint density at radius 1 is 1.09 bits per heavy atom. The number of rotatable bonds is 8. The number of benzene rings is 2. The van der Waals surface area contributed by atoms with E-state index in [4.69, 9.17) is 14.0 Å². The van der Waals surface area contributed by atoms with E-state index in [9.17, 15) is 4.79 Å². The highest BCUT2D eigenvalue weighted by Gasteiger charge is 2.25. The molecule has 1 aliphatic rings. The number of morpholine rings is 1. The van der Waals surface area contributed by atoms with Crippen LogP contribution in [0.3, 0.4) is 0 Å². The van der Waals surface area contributed by atoms with Crippen LogP contribution in [0.25, 0.3) is 11.3 Å². The molecule has 0 bridgehead atoms. The Balaban J connectivity index is 1.45. The van der Waals surface area contributed by atoms with Crippen molar-refractivity contribution in [3.05, 3.63) is 71.4 Å². The van der Waals surface area contributed by atoms with Gasteiger partial charge in [-0.15, -0.1) is 0 Å². The summed E-state index contributed by atoms with van der Waals surface area (Å²) in [6.45, 7) is 12.7. The van der Waals surface area contributed by atoms with E-state index in [-0.39, 0.29) is 23.1 Å². The van der Waals surface area contributed by atoms with Gasteiger partial charge in [0.05, 0.1) is 25.9 Å². The number of carbonyl (C=O) groups is 1. The van der Waals surface area contributed by atoms with Gasteiger partial charge in [-0.05, 0) is 47.7 Å². The molecular weight excluding hydrogens is 442 g/mol. The average Bonchev–Trinajstić information content (AvgIpc) is 3.36. The quantitative estimate of drug-likeness (QED) is 0.500. The van der Waals surface area contributed by atoms with Gasteiger partial charge in [-0.25, -0.2) is 0 Å². The topological polar surface area (TPSA) is 76.8 Å². The third-order valence-electron chi connectivity index (χ3n) is 6.30. The normalized spacial score (nSPS) is 15.5. The molecule has 1 unspecified atom stereocenters. The number of aromatic nitrogens is 1. The second kappa shape index (κ2) is 11.1. The van der Waals surface area contributed by atoms with E-state index in [1.165, 1.54) is 11.1 Å². The molecule has 4 rings (SSSR count). The summed E-state index contributed by atoms with van der Waals surface area (Å²) in [5, 5.41) is 7.07. The van der Waals surface area contributed by atoms with Crippen LogP contribution in [-0.2, 0) is 10.2 Å². The predicted molar refractivity (Wildman–Crippen MR) is 136 cm³/mol. The van der Waals surface area contributed by atoms with Crippen LogP contribution in [0.5, 0.6) is 5.75 Å². The van der Waals surface area contributed by atoms with Gasteiger partial charge in [0.2, 0.25) is 0 Å². The van der Waals surface area contributed by atoms with Gasteiger partial charge in [0, 0.05) is 31.3 Å². The van der Waals surface area contributed by atoms with E-state index >= 15 is 0 Å². The summed E-state index contributed by atoms with van der Waals surface area (Å²) in [6, 6.07) is 18.0. The molecule has 7 heteroatoms. The standard InChI is InChI=1S/C28H35N3O4/c1-5-34-23-12-8-21(9-13-23)26-18-24(30-35-26)27(32)29-19-25(31-14-16-33-17-15-31)20-6-10-22(11-7-20)28(2,3)4/h6-13,18,25H,5,14-17,19H2,1-4H3,(H,29,32). The second-order valence-electron chi connectivity index (χ2n) is 9.78. The lowest BCUT2D eigenvalue weighted by Crippen LogP contribution is -2.43. The SMILES string of the molecule is CCOc1ccc(-c2cc(C(=O)NCC(c3ccc(C(C)(C)C)cc3)N3CCOCC3)no2)cc1. The van der Waals surface area contributed by atoms with Crippen molar-refractivity contribution in [3.8, 4) is 17.1 Å². The number of hydrogen-bond donors (Lipinski definition) is 1. The molecular formula is C28H35N3O4. The zero-order valence-electron chi connectivity index (χ0n) is 21.0. The largest absolute Gasteiger partial charge is 0.494 e. The number of carbonyl (C=O) groups excluding carboxylic acids is 1. The summed E-state index contributed by atoms with van der Waals surface area (Å²) in [4.78, 5) is 15.3. The van der Waals surface area contributed by atoms with Gasteiger partial charge >= 0.3 is 0 Å². The molecule has 0 saturated carbocycles. The van der Waals surface area contributed by atoms with E-state index < -0.39 is 0 Å². The fourth-order valence-corrected chi connectivity index (χ4v) is 4.23. The first-order valence-electron chi connectivity index (χ1n) is 12.3. The van der Waals surface area contributed by atoms with Crippen LogP contribution in [0.2, 0.25) is 0 Å². The first-order valence-corrected chi connectivity index (χ1v) is 12.3. The van der Waals surface area contributed by atoms with E-state index in [0.717, 1.165) is 24.4 Å². The van der Waals surface area contributed by atoms with Crippen molar-refractivity contribution in [1.82, 2.24) is 15.4 Å². The lowest BCUT2D eigenvalue weighted by atomic mass is 9.86. The van der Waals surface area contributed by atoms with Crippen molar-refractivity contribution >= 4 is 5.91 Å². The fourth-order valence-electron chi connectivity index (χ4n) is 4.23. The fraction of sp³-hybridized carbons (Fsp3) is 0.429. The van der Waals surface area contributed by atoms with Gasteiger partial charge in [-0.3, -0.25) is 9.69 Å². The Morgan fingerprint density at radius 2 is 1.77 bits per heavy atom. The summed E-state index contributed by atoms with van der Waals surface area (Å²) in [5.74, 6) is 1.08. The third kappa shape index (κ3) is 6.29. The highest BCUT2D eigenvalue weighted by Crippen LogP contribution is 2.27. The lowest BCUT2D eigenvalue weighted by Gasteiger charge is -2.35. The summed E-state index contributed by atoms with van der Waals surface area (Å²) < 4.78 is 16.5. The summed E-state index contributed by atoms with van der Waals surface area (Å²) in [5.41, 5.74) is 3.66. The molecule has 1 amide bonds. The van der Waals surface area contributed by atoms with E-state index in [2.05, 4.69) is 60.4 Å². The third-order valence-corrected chi connectivity index (χ3v) is 6.30. The molecule has 1 saturated heterocycles. The summed E-state index contributed by atoms with van der Waals surface area (Å²) in [7, 11) is 0. The number of hydrogen-bond acceptors (Lipinski definition) is 6. The molecule has 35 heavy (non-hydrogen) atoms. The van der Waals surface area contributed by atoms with Crippen LogP contribution in [0, 0.1) is 0 Å². The Morgan fingerprint density at radius 3 is 2.40 bits per heavy atom. The minimum absolute atomic E-state index is 0.0503. The highest BCUT2D eigenvalue weighted by atomic mass is 16.5. The zero-order chi connectivity index (χ0) is 24.8. The molecule has 1 N–H and O–H groups in total. The predicted octanol–water partition coefficient (Wildman–Crippen LogP) is 4.84. The van der Waals surface area contributed by atoms with Crippen molar-refractivity contribution in [2.75, 3.05) is 39.5 Å². The molecule has 186 valence electrons. The van der Waals surface area contributed by atoms with Crippen molar-refractivity contribution in [3.63, 3.8) is 0 Å². The average molecular weight is 478 g/mol. The Hall–Kier alpha value is -3.16. The van der Waals surface area contributed by atoms with E-state index in [1.54, 1.807) is 6.07 Å². The number of amides is 1. The van der Waals surface area contributed by atoms with Crippen LogP contribution in [-0.4, -0.2) is 55.4 Å². The lowest BCUT2D eigenvalue weighted by molar-refractivity contribution is 0.0162. The first-order chi connectivity index (χ1) is 16.8.